The zero-order valence-corrected chi connectivity index (χ0v) is 17.8. The summed E-state index contributed by atoms with van der Waals surface area (Å²) in [6.45, 7) is 4.60. The lowest BCUT2D eigenvalue weighted by Crippen LogP contribution is -2.34. The molecule has 2 aliphatic rings. The van der Waals surface area contributed by atoms with Crippen molar-refractivity contribution in [2.45, 2.75) is 45.1 Å². The zero-order valence-electron chi connectivity index (χ0n) is 16.2. The molecule has 2 heterocycles. The van der Waals surface area contributed by atoms with Gasteiger partial charge in [-0.3, -0.25) is 4.57 Å². The van der Waals surface area contributed by atoms with Gasteiger partial charge in [-0.1, -0.05) is 30.2 Å². The number of anilines is 1. The number of halogens is 1. The van der Waals surface area contributed by atoms with Crippen LogP contribution in [0.5, 0.6) is 0 Å². The van der Waals surface area contributed by atoms with Gasteiger partial charge in [0, 0.05) is 24.0 Å². The molecule has 0 N–H and O–H groups in total. The number of hydrogen-bond donors (Lipinski definition) is 0. The molecule has 0 radical (unpaired) electrons. The number of sulfone groups is 1. The maximum atomic E-state index is 12.0. The second-order valence-corrected chi connectivity index (χ2v) is 10.7. The fraction of sp³-hybridized carbons (Fsp3) is 0.600. The van der Waals surface area contributed by atoms with Gasteiger partial charge >= 0.3 is 0 Å². The normalized spacial score (nSPS) is 21.6. The van der Waals surface area contributed by atoms with Crippen LogP contribution in [-0.4, -0.2) is 47.8 Å². The van der Waals surface area contributed by atoms with Crippen LogP contribution < -0.4 is 4.90 Å². The van der Waals surface area contributed by atoms with Crippen LogP contribution in [-0.2, 0) is 16.4 Å². The molecular formula is C20H27ClN4O2S. The van der Waals surface area contributed by atoms with Crippen LogP contribution in [0.3, 0.4) is 0 Å². The van der Waals surface area contributed by atoms with E-state index in [1.165, 1.54) is 19.3 Å². The molecule has 152 valence electrons. The standard InChI is InChI=1S/C20H27ClN4O2S/c1-2-24(12-15-4-3-5-15)20-23-22-19(17-10-11-28(26,27)14-17)25(20)13-16-6-8-18(21)9-7-16/h6-9,15,17H,2-5,10-14H2,1H3. The first-order chi connectivity index (χ1) is 13.4. The number of benzene rings is 1. The largest absolute Gasteiger partial charge is 0.341 e. The molecule has 0 bridgehead atoms. The summed E-state index contributed by atoms with van der Waals surface area (Å²) >= 11 is 6.04. The quantitative estimate of drug-likeness (QED) is 0.683. The third-order valence-electron chi connectivity index (χ3n) is 5.98. The van der Waals surface area contributed by atoms with Gasteiger partial charge < -0.3 is 4.90 Å². The van der Waals surface area contributed by atoms with Gasteiger partial charge in [0.15, 0.2) is 9.84 Å². The molecule has 1 saturated heterocycles. The molecule has 2 aromatic rings. The van der Waals surface area contributed by atoms with Crippen LogP contribution in [0.15, 0.2) is 24.3 Å². The Kier molecular flexibility index (Phi) is 5.65. The molecule has 28 heavy (non-hydrogen) atoms. The summed E-state index contributed by atoms with van der Waals surface area (Å²) in [5, 5.41) is 9.70. The smallest absolute Gasteiger partial charge is 0.227 e. The number of nitrogens with zero attached hydrogens (tertiary/aromatic N) is 4. The van der Waals surface area contributed by atoms with Crippen LogP contribution in [0.2, 0.25) is 5.02 Å². The van der Waals surface area contributed by atoms with Crippen LogP contribution in [0, 0.1) is 5.92 Å². The summed E-state index contributed by atoms with van der Waals surface area (Å²) in [7, 11) is -2.98. The van der Waals surface area contributed by atoms with Crippen molar-refractivity contribution in [1.82, 2.24) is 14.8 Å². The van der Waals surface area contributed by atoms with Gasteiger partial charge in [0.25, 0.3) is 0 Å². The maximum Gasteiger partial charge on any atom is 0.227 e. The highest BCUT2D eigenvalue weighted by molar-refractivity contribution is 7.91. The molecular weight excluding hydrogens is 396 g/mol. The molecule has 4 rings (SSSR count). The third kappa shape index (κ3) is 4.20. The molecule has 6 nitrogen and oxygen atoms in total. The van der Waals surface area contributed by atoms with Crippen LogP contribution in [0.4, 0.5) is 5.95 Å². The Hall–Kier alpha value is -1.60. The summed E-state index contributed by atoms with van der Waals surface area (Å²) in [6.07, 6.45) is 4.48. The average molecular weight is 423 g/mol. The Balaban J connectivity index is 1.67. The molecule has 1 unspecified atom stereocenters. The predicted octanol–water partition coefficient (Wildman–Crippen LogP) is 3.51. The van der Waals surface area contributed by atoms with E-state index in [1.807, 2.05) is 24.3 Å². The second-order valence-electron chi connectivity index (χ2n) is 8.01. The van der Waals surface area contributed by atoms with E-state index in [1.54, 1.807) is 0 Å². The van der Waals surface area contributed by atoms with Crippen molar-refractivity contribution < 1.29 is 8.42 Å². The highest BCUT2D eigenvalue weighted by Crippen LogP contribution is 2.32. The van der Waals surface area contributed by atoms with E-state index in [0.29, 0.717) is 18.0 Å². The van der Waals surface area contributed by atoms with Crippen LogP contribution in [0.1, 0.15) is 49.9 Å². The first kappa shape index (κ1) is 19.7. The highest BCUT2D eigenvalue weighted by Gasteiger charge is 2.34. The topological polar surface area (TPSA) is 68.1 Å². The molecule has 1 atom stereocenters. The van der Waals surface area contributed by atoms with Crippen molar-refractivity contribution in [1.29, 1.82) is 0 Å². The number of aromatic nitrogens is 3. The predicted molar refractivity (Wildman–Crippen MR) is 112 cm³/mol. The second kappa shape index (κ2) is 8.03. The van der Waals surface area contributed by atoms with E-state index in [2.05, 4.69) is 26.6 Å². The molecule has 8 heteroatoms. The van der Waals surface area contributed by atoms with Crippen molar-refractivity contribution >= 4 is 27.4 Å². The van der Waals surface area contributed by atoms with Gasteiger partial charge in [-0.05, 0) is 49.8 Å². The van der Waals surface area contributed by atoms with E-state index in [0.717, 1.165) is 36.3 Å². The molecule has 1 aromatic heterocycles. The Morgan fingerprint density at radius 2 is 1.93 bits per heavy atom. The first-order valence-corrected chi connectivity index (χ1v) is 12.3. The minimum absolute atomic E-state index is 0.0824. The third-order valence-corrected chi connectivity index (χ3v) is 8.00. The van der Waals surface area contributed by atoms with Gasteiger partial charge in [0.05, 0.1) is 18.1 Å². The minimum atomic E-state index is -2.98. The van der Waals surface area contributed by atoms with Crippen molar-refractivity contribution in [3.05, 3.63) is 40.7 Å². The lowest BCUT2D eigenvalue weighted by Gasteiger charge is -2.32. The van der Waals surface area contributed by atoms with Gasteiger partial charge in [-0.25, -0.2) is 8.42 Å². The Morgan fingerprint density at radius 3 is 2.50 bits per heavy atom. The van der Waals surface area contributed by atoms with Crippen molar-refractivity contribution in [2.24, 2.45) is 5.92 Å². The van der Waals surface area contributed by atoms with Crippen molar-refractivity contribution in [3.8, 4) is 0 Å². The Morgan fingerprint density at radius 1 is 1.18 bits per heavy atom. The lowest BCUT2D eigenvalue weighted by atomic mass is 9.85. The van der Waals surface area contributed by atoms with Gasteiger partial charge in [-0.2, -0.15) is 0 Å². The fourth-order valence-electron chi connectivity index (χ4n) is 4.10. The van der Waals surface area contributed by atoms with E-state index in [4.69, 9.17) is 11.6 Å². The average Bonchev–Trinajstić information content (AvgIpc) is 3.19. The molecule has 1 aliphatic heterocycles. The SMILES string of the molecule is CCN(CC1CCC1)c1nnc(C2CCS(=O)(=O)C2)n1Cc1ccc(Cl)cc1. The monoisotopic (exact) mass is 422 g/mol. The van der Waals surface area contributed by atoms with Crippen molar-refractivity contribution in [3.63, 3.8) is 0 Å². The molecule has 0 amide bonds. The Labute approximate surface area is 171 Å². The van der Waals surface area contributed by atoms with Crippen LogP contribution in [0.25, 0.3) is 0 Å². The molecule has 1 aromatic carbocycles. The van der Waals surface area contributed by atoms with E-state index >= 15 is 0 Å². The van der Waals surface area contributed by atoms with E-state index < -0.39 is 9.84 Å². The highest BCUT2D eigenvalue weighted by atomic mass is 35.5. The molecule has 1 saturated carbocycles. The number of hydrogen-bond acceptors (Lipinski definition) is 5. The molecule has 0 spiro atoms. The van der Waals surface area contributed by atoms with Gasteiger partial charge in [-0.15, -0.1) is 10.2 Å². The zero-order chi connectivity index (χ0) is 19.7. The van der Waals surface area contributed by atoms with E-state index in [-0.39, 0.29) is 17.4 Å². The van der Waals surface area contributed by atoms with Crippen LogP contribution >= 0.6 is 11.6 Å². The number of rotatable bonds is 7. The Bertz CT molecular complexity index is 922. The summed E-state index contributed by atoms with van der Waals surface area (Å²) in [5.41, 5.74) is 1.10. The first-order valence-electron chi connectivity index (χ1n) is 10.1. The maximum absolute atomic E-state index is 12.0. The molecule has 1 aliphatic carbocycles. The van der Waals surface area contributed by atoms with Crippen molar-refractivity contribution in [2.75, 3.05) is 29.5 Å². The summed E-state index contributed by atoms with van der Waals surface area (Å²) in [4.78, 5) is 2.29. The van der Waals surface area contributed by atoms with Gasteiger partial charge in [0.1, 0.15) is 5.82 Å². The fourth-order valence-corrected chi connectivity index (χ4v) is 5.97. The van der Waals surface area contributed by atoms with Gasteiger partial charge in [0.2, 0.25) is 5.95 Å². The molecule has 2 fully saturated rings. The lowest BCUT2D eigenvalue weighted by molar-refractivity contribution is 0.316. The summed E-state index contributed by atoms with van der Waals surface area (Å²) in [6, 6.07) is 7.77. The summed E-state index contributed by atoms with van der Waals surface area (Å²) in [5.74, 6) is 2.68. The minimum Gasteiger partial charge on any atom is -0.341 e. The summed E-state index contributed by atoms with van der Waals surface area (Å²) < 4.78 is 26.2. The van der Waals surface area contributed by atoms with E-state index in [9.17, 15) is 8.42 Å².